The first-order chi connectivity index (χ1) is 16.9. The maximum absolute atomic E-state index is 12.8. The maximum Gasteiger partial charge on any atom is 0.343 e. The summed E-state index contributed by atoms with van der Waals surface area (Å²) in [4.78, 5) is 25.3. The Morgan fingerprint density at radius 1 is 0.971 bits per heavy atom. The Bertz CT molecular complexity index is 1400. The Balaban J connectivity index is 1.53. The van der Waals surface area contributed by atoms with E-state index in [1.54, 1.807) is 37.3 Å². The van der Waals surface area contributed by atoms with E-state index in [2.05, 4.69) is 26.5 Å². The van der Waals surface area contributed by atoms with E-state index in [9.17, 15) is 9.59 Å². The highest BCUT2D eigenvalue weighted by Crippen LogP contribution is 2.27. The second-order valence-corrected chi connectivity index (χ2v) is 8.82. The van der Waals surface area contributed by atoms with Crippen LogP contribution in [0.4, 0.5) is 0 Å². The average molecular weight is 531 g/mol. The van der Waals surface area contributed by atoms with Gasteiger partial charge in [0.05, 0.1) is 11.8 Å². The number of carbonyl (C=O) groups excluding carboxylic acids is 2. The van der Waals surface area contributed by atoms with E-state index in [4.69, 9.17) is 9.47 Å². The number of hydrazone groups is 1. The molecular formula is C28H23BrN2O4. The molecule has 0 bridgehead atoms. The minimum absolute atomic E-state index is 0.340. The largest absolute Gasteiger partial charge is 0.481 e. The van der Waals surface area contributed by atoms with Crippen LogP contribution in [0.5, 0.6) is 11.5 Å². The van der Waals surface area contributed by atoms with Crippen LogP contribution in [-0.4, -0.2) is 24.2 Å². The molecule has 0 saturated carbocycles. The standard InChI is InChI=1S/C28H23BrN2O4/c1-18-6-5-8-21(16-18)28(33)35-26-15-10-20-7-3-4-9-24(20)25(26)17-30-31-27(32)19(2)34-23-13-11-22(29)12-14-23/h3-17,19H,1-2H3,(H,31,32)/b30-17+. The van der Waals surface area contributed by atoms with Gasteiger partial charge in [-0.05, 0) is 67.1 Å². The van der Waals surface area contributed by atoms with Gasteiger partial charge >= 0.3 is 5.97 Å². The van der Waals surface area contributed by atoms with Gasteiger partial charge in [-0.2, -0.15) is 5.10 Å². The Morgan fingerprint density at radius 3 is 2.51 bits per heavy atom. The van der Waals surface area contributed by atoms with Crippen molar-refractivity contribution in [1.82, 2.24) is 5.43 Å². The molecule has 0 aliphatic heterocycles. The predicted octanol–water partition coefficient (Wildman–Crippen LogP) is 6.05. The van der Waals surface area contributed by atoms with E-state index in [0.717, 1.165) is 20.8 Å². The van der Waals surface area contributed by atoms with Gasteiger partial charge in [-0.3, -0.25) is 4.79 Å². The molecule has 0 fully saturated rings. The Kier molecular flexibility index (Phi) is 7.57. The van der Waals surface area contributed by atoms with Crippen molar-refractivity contribution in [1.29, 1.82) is 0 Å². The fraction of sp³-hybridized carbons (Fsp3) is 0.107. The summed E-state index contributed by atoms with van der Waals surface area (Å²) in [5, 5.41) is 5.90. The molecular weight excluding hydrogens is 508 g/mol. The molecule has 0 heterocycles. The van der Waals surface area contributed by atoms with Crippen LogP contribution in [0.2, 0.25) is 0 Å². The number of amides is 1. The van der Waals surface area contributed by atoms with Gasteiger partial charge in [0.25, 0.3) is 5.91 Å². The molecule has 7 heteroatoms. The summed E-state index contributed by atoms with van der Waals surface area (Å²) in [7, 11) is 0. The quantitative estimate of drug-likeness (QED) is 0.136. The first-order valence-corrected chi connectivity index (χ1v) is 11.8. The molecule has 0 aliphatic carbocycles. The van der Waals surface area contributed by atoms with Gasteiger partial charge in [-0.1, -0.05) is 64.0 Å². The van der Waals surface area contributed by atoms with Crippen molar-refractivity contribution in [2.75, 3.05) is 0 Å². The van der Waals surface area contributed by atoms with Crippen LogP contribution >= 0.6 is 15.9 Å². The Hall–Kier alpha value is -3.97. The van der Waals surface area contributed by atoms with Gasteiger partial charge in [0.15, 0.2) is 6.10 Å². The summed E-state index contributed by atoms with van der Waals surface area (Å²) < 4.78 is 12.3. The number of esters is 1. The van der Waals surface area contributed by atoms with E-state index in [1.165, 1.54) is 6.21 Å². The lowest BCUT2D eigenvalue weighted by atomic mass is 10.0. The van der Waals surface area contributed by atoms with Crippen LogP contribution in [0.25, 0.3) is 10.8 Å². The second kappa shape index (κ2) is 11.0. The van der Waals surface area contributed by atoms with Gasteiger partial charge in [0, 0.05) is 10.0 Å². The smallest absolute Gasteiger partial charge is 0.343 e. The number of ether oxygens (including phenoxy) is 2. The number of halogens is 1. The molecule has 4 rings (SSSR count). The topological polar surface area (TPSA) is 77.0 Å². The summed E-state index contributed by atoms with van der Waals surface area (Å²) >= 11 is 3.37. The van der Waals surface area contributed by atoms with Crippen molar-refractivity contribution in [3.63, 3.8) is 0 Å². The highest BCUT2D eigenvalue weighted by atomic mass is 79.9. The number of hydrogen-bond donors (Lipinski definition) is 1. The SMILES string of the molecule is Cc1cccc(C(=O)Oc2ccc3ccccc3c2/C=N/NC(=O)C(C)Oc2ccc(Br)cc2)c1. The number of nitrogens with one attached hydrogen (secondary N) is 1. The lowest BCUT2D eigenvalue weighted by Gasteiger charge is -2.13. The van der Waals surface area contributed by atoms with Crippen LogP contribution in [0.3, 0.4) is 0 Å². The van der Waals surface area contributed by atoms with Gasteiger partial charge in [0.1, 0.15) is 11.5 Å². The van der Waals surface area contributed by atoms with Gasteiger partial charge in [0.2, 0.25) is 0 Å². The zero-order chi connectivity index (χ0) is 24.8. The number of carbonyl (C=O) groups is 2. The third-order valence-corrected chi connectivity index (χ3v) is 5.78. The molecule has 1 N–H and O–H groups in total. The van der Waals surface area contributed by atoms with Crippen LogP contribution in [0.15, 0.2) is 94.5 Å². The monoisotopic (exact) mass is 530 g/mol. The van der Waals surface area contributed by atoms with Crippen molar-refractivity contribution < 1.29 is 19.1 Å². The van der Waals surface area contributed by atoms with Crippen molar-refractivity contribution in [2.24, 2.45) is 5.10 Å². The molecule has 0 spiro atoms. The number of benzene rings is 4. The Labute approximate surface area is 211 Å². The first kappa shape index (κ1) is 24.2. The van der Waals surface area contributed by atoms with Crippen LogP contribution in [-0.2, 0) is 4.79 Å². The minimum atomic E-state index is -0.764. The number of aryl methyl sites for hydroxylation is 1. The molecule has 176 valence electrons. The number of rotatable bonds is 7. The van der Waals surface area contributed by atoms with Crippen molar-refractivity contribution in [2.45, 2.75) is 20.0 Å². The molecule has 4 aromatic carbocycles. The molecule has 0 radical (unpaired) electrons. The lowest BCUT2D eigenvalue weighted by molar-refractivity contribution is -0.127. The lowest BCUT2D eigenvalue weighted by Crippen LogP contribution is -2.33. The van der Waals surface area contributed by atoms with Crippen LogP contribution < -0.4 is 14.9 Å². The minimum Gasteiger partial charge on any atom is -0.481 e. The second-order valence-electron chi connectivity index (χ2n) is 7.91. The summed E-state index contributed by atoms with van der Waals surface area (Å²) in [5.41, 5.74) is 4.49. The summed E-state index contributed by atoms with van der Waals surface area (Å²) in [6.07, 6.45) is 0.713. The van der Waals surface area contributed by atoms with E-state index >= 15 is 0 Å². The van der Waals surface area contributed by atoms with Crippen molar-refractivity contribution >= 4 is 44.8 Å². The summed E-state index contributed by atoms with van der Waals surface area (Å²) in [6, 6.07) is 25.6. The zero-order valence-electron chi connectivity index (χ0n) is 19.2. The number of nitrogens with zero attached hydrogens (tertiary/aromatic N) is 1. The highest BCUT2D eigenvalue weighted by molar-refractivity contribution is 9.10. The third kappa shape index (κ3) is 6.13. The van der Waals surface area contributed by atoms with Gasteiger partial charge in [-0.25, -0.2) is 10.2 Å². The number of fused-ring (bicyclic) bond motifs is 1. The molecule has 1 unspecified atom stereocenters. The van der Waals surface area contributed by atoms with Crippen LogP contribution in [0, 0.1) is 6.92 Å². The fourth-order valence-corrected chi connectivity index (χ4v) is 3.72. The van der Waals surface area contributed by atoms with Crippen molar-refractivity contribution in [3.8, 4) is 11.5 Å². The van der Waals surface area contributed by atoms with E-state index in [1.807, 2.05) is 61.5 Å². The fourth-order valence-electron chi connectivity index (χ4n) is 3.45. The van der Waals surface area contributed by atoms with Gasteiger partial charge in [-0.15, -0.1) is 0 Å². The molecule has 4 aromatic rings. The highest BCUT2D eigenvalue weighted by Gasteiger charge is 2.16. The number of hydrogen-bond acceptors (Lipinski definition) is 5. The van der Waals surface area contributed by atoms with E-state index < -0.39 is 18.0 Å². The average Bonchev–Trinajstić information content (AvgIpc) is 2.86. The Morgan fingerprint density at radius 2 is 1.74 bits per heavy atom. The van der Waals surface area contributed by atoms with Crippen LogP contribution in [0.1, 0.15) is 28.4 Å². The third-order valence-electron chi connectivity index (χ3n) is 5.25. The molecule has 0 aromatic heterocycles. The molecule has 35 heavy (non-hydrogen) atoms. The molecule has 0 saturated heterocycles. The summed E-state index contributed by atoms with van der Waals surface area (Å²) in [5.74, 6) is 0.0218. The first-order valence-electron chi connectivity index (χ1n) is 11.0. The summed E-state index contributed by atoms with van der Waals surface area (Å²) in [6.45, 7) is 3.55. The maximum atomic E-state index is 12.8. The predicted molar refractivity (Wildman–Crippen MR) is 140 cm³/mol. The van der Waals surface area contributed by atoms with E-state index in [-0.39, 0.29) is 0 Å². The molecule has 6 nitrogen and oxygen atoms in total. The van der Waals surface area contributed by atoms with Crippen molar-refractivity contribution in [3.05, 3.63) is 106 Å². The molecule has 1 atom stereocenters. The normalized spacial score (nSPS) is 11.9. The van der Waals surface area contributed by atoms with Gasteiger partial charge < -0.3 is 9.47 Å². The molecule has 0 aliphatic rings. The molecule has 1 amide bonds. The zero-order valence-corrected chi connectivity index (χ0v) is 20.8. The van der Waals surface area contributed by atoms with E-state index in [0.29, 0.717) is 22.6 Å².